The number of benzene rings is 1. The van der Waals surface area contributed by atoms with E-state index >= 15 is 0 Å². The van der Waals surface area contributed by atoms with Crippen molar-refractivity contribution in [3.8, 4) is 0 Å². The Morgan fingerprint density at radius 2 is 2.05 bits per heavy atom. The number of carboxylic acids is 1. The maximum atomic E-state index is 12.1. The lowest BCUT2D eigenvalue weighted by molar-refractivity contribution is -0.153. The van der Waals surface area contributed by atoms with Crippen LogP contribution in [0, 0.1) is 0 Å². The maximum absolute atomic E-state index is 12.1. The van der Waals surface area contributed by atoms with E-state index in [9.17, 15) is 13.2 Å². The number of hydrogen-bond donors (Lipinski definition) is 1. The number of nitrogens with zero attached hydrogens (tertiary/aromatic N) is 1. The Morgan fingerprint density at radius 3 is 2.70 bits per heavy atom. The number of hydrogen-bond acceptors (Lipinski definition) is 4. The summed E-state index contributed by atoms with van der Waals surface area (Å²) < 4.78 is 30.4. The molecule has 1 aromatic rings. The zero-order chi connectivity index (χ0) is 14.6. The lowest BCUT2D eigenvalue weighted by Crippen LogP contribution is -2.47. The van der Waals surface area contributed by atoms with Crippen molar-refractivity contribution >= 4 is 22.1 Å². The maximum Gasteiger partial charge on any atom is 0.334 e. The number of rotatable bonds is 4. The predicted octanol–water partition coefficient (Wildman–Crippen LogP) is 0.772. The Balaban J connectivity index is 2.10. The van der Waals surface area contributed by atoms with Gasteiger partial charge in [-0.25, -0.2) is 13.2 Å². The second-order valence-corrected chi connectivity index (χ2v) is 6.13. The molecule has 0 amide bonds. The van der Waals surface area contributed by atoms with Gasteiger partial charge < -0.3 is 9.84 Å². The number of ether oxygens (including phenoxy) is 1. The highest BCUT2D eigenvalue weighted by Crippen LogP contribution is 2.13. The number of morpholine rings is 1. The van der Waals surface area contributed by atoms with Crippen LogP contribution in [0.3, 0.4) is 0 Å². The molecule has 1 heterocycles. The number of sulfonamides is 1. The molecule has 0 aromatic heterocycles. The summed E-state index contributed by atoms with van der Waals surface area (Å²) in [5.41, 5.74) is 0.763. The third-order valence-electron chi connectivity index (χ3n) is 2.90. The van der Waals surface area contributed by atoms with E-state index in [1.165, 1.54) is 6.08 Å². The Bertz CT molecular complexity index is 596. The lowest BCUT2D eigenvalue weighted by Gasteiger charge is -2.28. The van der Waals surface area contributed by atoms with Gasteiger partial charge in [0.2, 0.25) is 10.0 Å². The van der Waals surface area contributed by atoms with Crippen LogP contribution >= 0.6 is 0 Å². The van der Waals surface area contributed by atoms with Crippen molar-refractivity contribution < 1.29 is 23.1 Å². The van der Waals surface area contributed by atoms with E-state index in [0.29, 0.717) is 0 Å². The molecule has 1 atom stereocenters. The van der Waals surface area contributed by atoms with Crippen LogP contribution in [0.5, 0.6) is 0 Å². The standard InChI is InChI=1S/C13H15NO5S/c15-13(16)12-10-14(7-8-19-12)20(17,18)9-6-11-4-2-1-3-5-11/h1-6,9,12H,7-8,10H2,(H,15,16). The van der Waals surface area contributed by atoms with Gasteiger partial charge in [-0.3, -0.25) is 0 Å². The molecule has 0 radical (unpaired) electrons. The molecule has 1 aliphatic rings. The highest BCUT2D eigenvalue weighted by atomic mass is 32.2. The molecule has 0 saturated carbocycles. The van der Waals surface area contributed by atoms with Gasteiger partial charge in [0.05, 0.1) is 13.2 Å². The largest absolute Gasteiger partial charge is 0.479 e. The fourth-order valence-corrected chi connectivity index (χ4v) is 2.99. The van der Waals surface area contributed by atoms with E-state index in [1.807, 2.05) is 18.2 Å². The molecule has 1 aromatic carbocycles. The molecule has 1 unspecified atom stereocenters. The van der Waals surface area contributed by atoms with Crippen LogP contribution < -0.4 is 0 Å². The van der Waals surface area contributed by atoms with E-state index < -0.39 is 22.1 Å². The van der Waals surface area contributed by atoms with Crippen molar-refractivity contribution in [1.29, 1.82) is 0 Å². The van der Waals surface area contributed by atoms with Gasteiger partial charge in [-0.1, -0.05) is 30.3 Å². The van der Waals surface area contributed by atoms with Gasteiger partial charge in [0.25, 0.3) is 0 Å². The van der Waals surface area contributed by atoms with Crippen molar-refractivity contribution in [3.63, 3.8) is 0 Å². The minimum atomic E-state index is -3.64. The number of aliphatic carboxylic acids is 1. The minimum Gasteiger partial charge on any atom is -0.479 e. The summed E-state index contributed by atoms with van der Waals surface area (Å²) >= 11 is 0. The van der Waals surface area contributed by atoms with Gasteiger partial charge in [0.15, 0.2) is 6.10 Å². The SMILES string of the molecule is O=C(O)C1CN(S(=O)(=O)C=Cc2ccccc2)CCO1. The molecule has 0 aliphatic carbocycles. The molecular formula is C13H15NO5S. The van der Waals surface area contributed by atoms with Crippen LogP contribution in [-0.4, -0.2) is 49.6 Å². The molecule has 0 spiro atoms. The number of carboxylic acid groups (broad SMARTS) is 1. The average molecular weight is 297 g/mol. The van der Waals surface area contributed by atoms with E-state index in [0.717, 1.165) is 15.3 Å². The third-order valence-corrected chi connectivity index (χ3v) is 4.43. The zero-order valence-electron chi connectivity index (χ0n) is 10.7. The van der Waals surface area contributed by atoms with Crippen molar-refractivity contribution in [2.75, 3.05) is 19.7 Å². The molecule has 2 rings (SSSR count). The summed E-state index contributed by atoms with van der Waals surface area (Å²) in [4.78, 5) is 10.8. The highest BCUT2D eigenvalue weighted by molar-refractivity contribution is 7.92. The number of carbonyl (C=O) groups is 1. The van der Waals surface area contributed by atoms with E-state index in [4.69, 9.17) is 9.84 Å². The summed E-state index contributed by atoms with van der Waals surface area (Å²) in [7, 11) is -3.64. The van der Waals surface area contributed by atoms with Gasteiger partial charge in [-0.05, 0) is 11.6 Å². The first-order valence-electron chi connectivity index (χ1n) is 6.07. The fraction of sp³-hybridized carbons (Fsp3) is 0.308. The van der Waals surface area contributed by atoms with Crippen LogP contribution in [0.2, 0.25) is 0 Å². The van der Waals surface area contributed by atoms with Crippen molar-refractivity contribution in [2.24, 2.45) is 0 Å². The smallest absolute Gasteiger partial charge is 0.334 e. The van der Waals surface area contributed by atoms with Crippen molar-refractivity contribution in [3.05, 3.63) is 41.3 Å². The summed E-state index contributed by atoms with van der Waals surface area (Å²) in [5.74, 6) is -1.16. The summed E-state index contributed by atoms with van der Waals surface area (Å²) in [6.07, 6.45) is 0.379. The molecule has 0 bridgehead atoms. The Hall–Kier alpha value is -1.70. The first kappa shape index (κ1) is 14.7. The first-order valence-corrected chi connectivity index (χ1v) is 7.57. The summed E-state index contributed by atoms with van der Waals surface area (Å²) in [6, 6.07) is 9.02. The van der Waals surface area contributed by atoms with Gasteiger partial charge in [0.1, 0.15) is 0 Å². The van der Waals surface area contributed by atoms with E-state index in [-0.39, 0.29) is 19.7 Å². The van der Waals surface area contributed by atoms with Gasteiger partial charge >= 0.3 is 5.97 Å². The van der Waals surface area contributed by atoms with Crippen LogP contribution in [0.4, 0.5) is 0 Å². The van der Waals surface area contributed by atoms with E-state index in [1.54, 1.807) is 12.1 Å². The van der Waals surface area contributed by atoms with Crippen molar-refractivity contribution in [1.82, 2.24) is 4.31 Å². The molecule has 6 nitrogen and oxygen atoms in total. The molecule has 1 N–H and O–H groups in total. The average Bonchev–Trinajstić information content (AvgIpc) is 2.46. The molecule has 7 heteroatoms. The normalized spacial score (nSPS) is 21.1. The second-order valence-electron chi connectivity index (χ2n) is 4.31. The zero-order valence-corrected chi connectivity index (χ0v) is 11.5. The topological polar surface area (TPSA) is 83.9 Å². The van der Waals surface area contributed by atoms with Crippen LogP contribution in [0.1, 0.15) is 5.56 Å². The summed E-state index contributed by atoms with van der Waals surface area (Å²) in [5, 5.41) is 9.95. The Kier molecular flexibility index (Phi) is 4.53. The predicted molar refractivity (Wildman–Crippen MR) is 73.3 cm³/mol. The third kappa shape index (κ3) is 3.66. The van der Waals surface area contributed by atoms with Crippen molar-refractivity contribution in [2.45, 2.75) is 6.10 Å². The molecule has 1 aliphatic heterocycles. The minimum absolute atomic E-state index is 0.0787. The Morgan fingerprint density at radius 1 is 1.35 bits per heavy atom. The lowest BCUT2D eigenvalue weighted by atomic mass is 10.2. The van der Waals surface area contributed by atoms with Gasteiger partial charge in [-0.15, -0.1) is 0 Å². The quantitative estimate of drug-likeness (QED) is 0.887. The fourth-order valence-electron chi connectivity index (χ4n) is 1.82. The van der Waals surface area contributed by atoms with Crippen LogP contribution in [-0.2, 0) is 19.6 Å². The van der Waals surface area contributed by atoms with Gasteiger partial charge in [-0.2, -0.15) is 4.31 Å². The monoisotopic (exact) mass is 297 g/mol. The molecule has 108 valence electrons. The van der Waals surface area contributed by atoms with Crippen LogP contribution in [0.15, 0.2) is 35.7 Å². The first-order chi connectivity index (χ1) is 9.49. The Labute approximate surface area is 117 Å². The molecule has 20 heavy (non-hydrogen) atoms. The molecular weight excluding hydrogens is 282 g/mol. The molecule has 1 fully saturated rings. The van der Waals surface area contributed by atoms with E-state index in [2.05, 4.69) is 0 Å². The summed E-state index contributed by atoms with van der Waals surface area (Å²) in [6.45, 7) is 0.0669. The molecule has 1 saturated heterocycles. The second kappa shape index (κ2) is 6.17. The van der Waals surface area contributed by atoms with Gasteiger partial charge in [0, 0.05) is 12.0 Å². The van der Waals surface area contributed by atoms with Crippen LogP contribution in [0.25, 0.3) is 6.08 Å². The highest BCUT2D eigenvalue weighted by Gasteiger charge is 2.31.